The number of hydrogen-bond donors (Lipinski definition) is 1. The molecule has 1 aromatic heterocycles. The molecular weight excluding hydrogens is 399 g/mol. The Morgan fingerprint density at radius 2 is 1.85 bits per heavy atom. The molecular formula is C21H14Cl2N2OS. The molecule has 0 spiro atoms. The molecule has 3 aromatic carbocycles. The standard InChI is InChI=1S/C21H14Cl2N2OS/c1-12-6-7-13(21-25-17-4-2-3-5-19(17)27-21)10-18(12)24-20(26)15-11-14(22)8-9-16(15)23/h2-11H,1H3,(H,24,26). The zero-order chi connectivity index (χ0) is 19.0. The summed E-state index contributed by atoms with van der Waals surface area (Å²) in [6, 6.07) is 18.8. The highest BCUT2D eigenvalue weighted by molar-refractivity contribution is 7.21. The Kier molecular flexibility index (Phi) is 4.87. The lowest BCUT2D eigenvalue weighted by molar-refractivity contribution is 0.102. The van der Waals surface area contributed by atoms with Crippen LogP contribution in [0.3, 0.4) is 0 Å². The van der Waals surface area contributed by atoms with Crippen LogP contribution in [0.5, 0.6) is 0 Å². The number of fused-ring (bicyclic) bond motifs is 1. The Bertz CT molecular complexity index is 1140. The first-order chi connectivity index (χ1) is 13.0. The van der Waals surface area contributed by atoms with E-state index < -0.39 is 0 Å². The first-order valence-corrected chi connectivity index (χ1v) is 9.81. The second-order valence-corrected chi connectivity index (χ2v) is 7.97. The lowest BCUT2D eigenvalue weighted by atomic mass is 10.1. The number of hydrogen-bond acceptors (Lipinski definition) is 3. The smallest absolute Gasteiger partial charge is 0.257 e. The van der Waals surface area contributed by atoms with E-state index in [1.165, 1.54) is 0 Å². The van der Waals surface area contributed by atoms with Gasteiger partial charge in [-0.2, -0.15) is 0 Å². The second kappa shape index (κ2) is 7.31. The van der Waals surface area contributed by atoms with Crippen molar-refractivity contribution in [3.05, 3.63) is 81.8 Å². The van der Waals surface area contributed by atoms with Gasteiger partial charge in [-0.05, 0) is 48.9 Å². The number of aryl methyl sites for hydroxylation is 1. The maximum atomic E-state index is 12.7. The van der Waals surface area contributed by atoms with Gasteiger partial charge in [0.25, 0.3) is 5.91 Å². The zero-order valence-corrected chi connectivity index (χ0v) is 16.6. The van der Waals surface area contributed by atoms with Crippen molar-refractivity contribution in [3.63, 3.8) is 0 Å². The maximum Gasteiger partial charge on any atom is 0.257 e. The van der Waals surface area contributed by atoms with Crippen molar-refractivity contribution < 1.29 is 4.79 Å². The van der Waals surface area contributed by atoms with Gasteiger partial charge in [-0.25, -0.2) is 4.98 Å². The van der Waals surface area contributed by atoms with Crippen LogP contribution in [-0.2, 0) is 0 Å². The molecule has 0 aliphatic heterocycles. The van der Waals surface area contributed by atoms with Gasteiger partial charge in [-0.1, -0.05) is 47.5 Å². The molecule has 0 fully saturated rings. The summed E-state index contributed by atoms with van der Waals surface area (Å²) in [5.74, 6) is -0.299. The van der Waals surface area contributed by atoms with Crippen molar-refractivity contribution in [3.8, 4) is 10.6 Å². The number of para-hydroxylation sites is 1. The third-order valence-corrected chi connectivity index (χ3v) is 5.85. The molecule has 0 saturated carbocycles. The summed E-state index contributed by atoms with van der Waals surface area (Å²) in [5, 5.41) is 4.66. The van der Waals surface area contributed by atoms with E-state index in [2.05, 4.69) is 16.4 Å². The van der Waals surface area contributed by atoms with E-state index in [0.717, 1.165) is 26.4 Å². The molecule has 27 heavy (non-hydrogen) atoms. The van der Waals surface area contributed by atoms with Crippen LogP contribution in [-0.4, -0.2) is 10.9 Å². The number of rotatable bonds is 3. The van der Waals surface area contributed by atoms with E-state index in [0.29, 0.717) is 21.3 Å². The molecule has 6 heteroatoms. The average Bonchev–Trinajstić information content (AvgIpc) is 3.09. The zero-order valence-electron chi connectivity index (χ0n) is 14.3. The third kappa shape index (κ3) is 3.69. The molecule has 0 unspecified atom stereocenters. The molecule has 0 aliphatic carbocycles. The molecule has 0 saturated heterocycles. The highest BCUT2D eigenvalue weighted by atomic mass is 35.5. The van der Waals surface area contributed by atoms with Crippen molar-refractivity contribution in [1.82, 2.24) is 4.98 Å². The lowest BCUT2D eigenvalue weighted by Gasteiger charge is -2.11. The summed E-state index contributed by atoms with van der Waals surface area (Å²) in [4.78, 5) is 17.3. The van der Waals surface area contributed by atoms with Crippen molar-refractivity contribution in [1.29, 1.82) is 0 Å². The van der Waals surface area contributed by atoms with Crippen molar-refractivity contribution in [2.45, 2.75) is 6.92 Å². The van der Waals surface area contributed by atoms with Crippen LogP contribution in [0.15, 0.2) is 60.7 Å². The van der Waals surface area contributed by atoms with Gasteiger partial charge in [0.05, 0.1) is 20.8 Å². The minimum atomic E-state index is -0.299. The van der Waals surface area contributed by atoms with Crippen LogP contribution in [0.1, 0.15) is 15.9 Å². The van der Waals surface area contributed by atoms with Crippen LogP contribution in [0, 0.1) is 6.92 Å². The molecule has 1 N–H and O–H groups in total. The number of nitrogens with one attached hydrogen (secondary N) is 1. The topological polar surface area (TPSA) is 42.0 Å². The second-order valence-electron chi connectivity index (χ2n) is 6.09. The van der Waals surface area contributed by atoms with Crippen molar-refractivity contribution >= 4 is 56.3 Å². The van der Waals surface area contributed by atoms with Gasteiger partial charge < -0.3 is 5.32 Å². The maximum absolute atomic E-state index is 12.7. The van der Waals surface area contributed by atoms with E-state index in [1.54, 1.807) is 29.5 Å². The van der Waals surface area contributed by atoms with Gasteiger partial charge in [0.2, 0.25) is 0 Å². The number of nitrogens with zero attached hydrogens (tertiary/aromatic N) is 1. The molecule has 4 rings (SSSR count). The van der Waals surface area contributed by atoms with Gasteiger partial charge in [0.1, 0.15) is 5.01 Å². The van der Waals surface area contributed by atoms with Crippen molar-refractivity contribution in [2.75, 3.05) is 5.32 Å². The Balaban J connectivity index is 1.68. The Hall–Kier alpha value is -2.40. The summed E-state index contributed by atoms with van der Waals surface area (Å²) < 4.78 is 1.13. The monoisotopic (exact) mass is 412 g/mol. The minimum absolute atomic E-state index is 0.299. The molecule has 3 nitrogen and oxygen atoms in total. The van der Waals surface area contributed by atoms with Crippen LogP contribution < -0.4 is 5.32 Å². The number of amides is 1. The van der Waals surface area contributed by atoms with Gasteiger partial charge >= 0.3 is 0 Å². The normalized spacial score (nSPS) is 10.9. The first kappa shape index (κ1) is 18.0. The SMILES string of the molecule is Cc1ccc(-c2nc3ccccc3s2)cc1NC(=O)c1cc(Cl)ccc1Cl. The van der Waals surface area contributed by atoms with E-state index in [4.69, 9.17) is 23.2 Å². The Morgan fingerprint density at radius 1 is 1.04 bits per heavy atom. The van der Waals surface area contributed by atoms with E-state index in [9.17, 15) is 4.79 Å². The number of halogens is 2. The molecule has 0 atom stereocenters. The number of thiazole rings is 1. The number of anilines is 1. The summed E-state index contributed by atoms with van der Waals surface area (Å²) >= 11 is 13.8. The molecule has 1 amide bonds. The molecule has 0 radical (unpaired) electrons. The van der Waals surface area contributed by atoms with Crippen LogP contribution in [0.2, 0.25) is 10.0 Å². The highest BCUT2D eigenvalue weighted by Crippen LogP contribution is 2.32. The van der Waals surface area contributed by atoms with Crippen molar-refractivity contribution in [2.24, 2.45) is 0 Å². The molecule has 0 bridgehead atoms. The lowest BCUT2D eigenvalue weighted by Crippen LogP contribution is -2.13. The van der Waals surface area contributed by atoms with E-state index in [1.807, 2.05) is 43.3 Å². The summed E-state index contributed by atoms with van der Waals surface area (Å²) in [5.41, 5.74) is 3.93. The highest BCUT2D eigenvalue weighted by Gasteiger charge is 2.14. The summed E-state index contributed by atoms with van der Waals surface area (Å²) in [7, 11) is 0. The van der Waals surface area contributed by atoms with Crippen LogP contribution in [0.4, 0.5) is 5.69 Å². The fourth-order valence-electron chi connectivity index (χ4n) is 2.75. The average molecular weight is 413 g/mol. The summed E-state index contributed by atoms with van der Waals surface area (Å²) in [6.07, 6.45) is 0. The molecule has 1 heterocycles. The van der Waals surface area contributed by atoms with Gasteiger partial charge in [0, 0.05) is 16.3 Å². The Morgan fingerprint density at radius 3 is 2.67 bits per heavy atom. The fourth-order valence-corrected chi connectivity index (χ4v) is 4.08. The number of aromatic nitrogens is 1. The fraction of sp³-hybridized carbons (Fsp3) is 0.0476. The van der Waals surface area contributed by atoms with Gasteiger partial charge in [-0.15, -0.1) is 11.3 Å². The van der Waals surface area contributed by atoms with Crippen LogP contribution >= 0.6 is 34.5 Å². The van der Waals surface area contributed by atoms with E-state index >= 15 is 0 Å². The quantitative estimate of drug-likeness (QED) is 0.400. The summed E-state index contributed by atoms with van der Waals surface area (Å²) in [6.45, 7) is 1.94. The largest absolute Gasteiger partial charge is 0.322 e. The number of carbonyl (C=O) groups excluding carboxylic acids is 1. The van der Waals surface area contributed by atoms with E-state index in [-0.39, 0.29) is 5.91 Å². The van der Waals surface area contributed by atoms with Gasteiger partial charge in [-0.3, -0.25) is 4.79 Å². The first-order valence-electron chi connectivity index (χ1n) is 8.24. The Labute approximate surface area is 170 Å². The number of carbonyl (C=O) groups is 1. The van der Waals surface area contributed by atoms with Crippen LogP contribution in [0.25, 0.3) is 20.8 Å². The molecule has 0 aliphatic rings. The minimum Gasteiger partial charge on any atom is -0.322 e. The predicted molar refractivity (Wildman–Crippen MR) is 114 cm³/mol. The molecule has 134 valence electrons. The number of benzene rings is 3. The van der Waals surface area contributed by atoms with Gasteiger partial charge in [0.15, 0.2) is 0 Å². The predicted octanol–water partition coefficient (Wildman–Crippen LogP) is 6.83. The molecule has 4 aromatic rings. The third-order valence-electron chi connectivity index (χ3n) is 4.20.